The van der Waals surface area contributed by atoms with Gasteiger partial charge in [-0.05, 0) is 12.0 Å². The molecule has 0 unspecified atom stereocenters. The monoisotopic (exact) mass is 207 g/mol. The lowest BCUT2D eigenvalue weighted by Crippen LogP contribution is -2.18. The van der Waals surface area contributed by atoms with Crippen molar-refractivity contribution in [3.63, 3.8) is 0 Å². The molecule has 1 aromatic rings. The molecule has 0 aliphatic rings. The molecule has 0 heterocycles. The molecule has 2 N–H and O–H groups in total. The van der Waals surface area contributed by atoms with Crippen LogP contribution in [0.2, 0.25) is 0 Å². The van der Waals surface area contributed by atoms with Gasteiger partial charge in [0, 0.05) is 5.71 Å². The number of aliphatic imine (C=N–C) groups is 1. The van der Waals surface area contributed by atoms with Crippen molar-refractivity contribution in [2.24, 2.45) is 4.99 Å². The summed E-state index contributed by atoms with van der Waals surface area (Å²) in [6, 6.07) is 9.41. The first kappa shape index (κ1) is 11.9. The highest BCUT2D eigenvalue weighted by Crippen LogP contribution is 2.06. The fourth-order valence-electron chi connectivity index (χ4n) is 1.36. The molecule has 0 aliphatic heterocycles. The topological polar surface area (TPSA) is 52.8 Å². The molecule has 0 spiro atoms. The van der Waals surface area contributed by atoms with Gasteiger partial charge in [-0.15, -0.1) is 0 Å². The second kappa shape index (κ2) is 6.32. The summed E-state index contributed by atoms with van der Waals surface area (Å²) in [6.45, 7) is 1.78. The summed E-state index contributed by atoms with van der Waals surface area (Å²) in [5, 5.41) is 17.9. The highest BCUT2D eigenvalue weighted by molar-refractivity contribution is 6.00. The van der Waals surface area contributed by atoms with E-state index in [4.69, 9.17) is 10.2 Å². The minimum Gasteiger partial charge on any atom is -0.394 e. The number of aliphatic hydroxyl groups excluding tert-OH is 2. The molecule has 1 rings (SSSR count). The SMILES string of the molecule is CCC(=NC(CO)CO)c1ccccc1. The summed E-state index contributed by atoms with van der Waals surface area (Å²) in [5.41, 5.74) is 1.97. The summed E-state index contributed by atoms with van der Waals surface area (Å²) in [7, 11) is 0. The molecule has 0 aliphatic carbocycles. The van der Waals surface area contributed by atoms with Gasteiger partial charge >= 0.3 is 0 Å². The van der Waals surface area contributed by atoms with Crippen LogP contribution < -0.4 is 0 Å². The van der Waals surface area contributed by atoms with E-state index in [-0.39, 0.29) is 13.2 Å². The summed E-state index contributed by atoms with van der Waals surface area (Å²) in [4.78, 5) is 4.32. The Kier molecular flexibility index (Phi) is 5.01. The molecular formula is C12H17NO2. The number of benzene rings is 1. The average molecular weight is 207 g/mol. The molecule has 0 radical (unpaired) electrons. The standard InChI is InChI=1S/C12H17NO2/c1-2-12(13-11(8-14)9-15)10-6-4-3-5-7-10/h3-7,11,14-15H,2,8-9H2,1H3. The summed E-state index contributed by atoms with van der Waals surface area (Å²) < 4.78 is 0. The minimum absolute atomic E-state index is 0.118. The van der Waals surface area contributed by atoms with E-state index in [9.17, 15) is 0 Å². The Morgan fingerprint density at radius 2 is 1.80 bits per heavy atom. The van der Waals surface area contributed by atoms with Crippen LogP contribution in [0.15, 0.2) is 35.3 Å². The predicted molar refractivity (Wildman–Crippen MR) is 61.2 cm³/mol. The van der Waals surface area contributed by atoms with E-state index in [0.29, 0.717) is 0 Å². The smallest absolute Gasteiger partial charge is 0.0963 e. The van der Waals surface area contributed by atoms with Crippen LogP contribution in [-0.2, 0) is 0 Å². The predicted octanol–water partition coefficient (Wildman–Crippen LogP) is 1.24. The normalized spacial score (nSPS) is 12.1. The van der Waals surface area contributed by atoms with Crippen LogP contribution in [0.1, 0.15) is 18.9 Å². The summed E-state index contributed by atoms with van der Waals surface area (Å²) in [6.07, 6.45) is 0.792. The van der Waals surface area contributed by atoms with E-state index >= 15 is 0 Å². The number of aliphatic hydroxyl groups is 2. The van der Waals surface area contributed by atoms with Crippen molar-refractivity contribution in [3.8, 4) is 0 Å². The van der Waals surface area contributed by atoms with Crippen molar-refractivity contribution in [3.05, 3.63) is 35.9 Å². The molecule has 3 heteroatoms. The van der Waals surface area contributed by atoms with E-state index < -0.39 is 6.04 Å². The Balaban J connectivity index is 2.88. The van der Waals surface area contributed by atoms with Gasteiger partial charge in [-0.2, -0.15) is 0 Å². The van der Waals surface area contributed by atoms with Gasteiger partial charge in [-0.1, -0.05) is 37.3 Å². The zero-order valence-corrected chi connectivity index (χ0v) is 8.93. The van der Waals surface area contributed by atoms with Gasteiger partial charge in [0.15, 0.2) is 0 Å². The zero-order chi connectivity index (χ0) is 11.1. The molecule has 0 amide bonds. The van der Waals surface area contributed by atoms with Crippen LogP contribution in [0.5, 0.6) is 0 Å². The maximum Gasteiger partial charge on any atom is 0.0963 e. The maximum absolute atomic E-state index is 8.95. The van der Waals surface area contributed by atoms with Gasteiger partial charge < -0.3 is 10.2 Å². The van der Waals surface area contributed by atoms with E-state index in [1.165, 1.54) is 0 Å². The van der Waals surface area contributed by atoms with Gasteiger partial charge in [0.25, 0.3) is 0 Å². The third kappa shape index (κ3) is 3.46. The van der Waals surface area contributed by atoms with Gasteiger partial charge in [-0.25, -0.2) is 0 Å². The lowest BCUT2D eigenvalue weighted by molar-refractivity contribution is 0.195. The van der Waals surface area contributed by atoms with E-state index in [1.807, 2.05) is 37.3 Å². The average Bonchev–Trinajstić information content (AvgIpc) is 2.32. The summed E-state index contributed by atoms with van der Waals surface area (Å²) >= 11 is 0. The highest BCUT2D eigenvalue weighted by atomic mass is 16.3. The Morgan fingerprint density at radius 1 is 1.20 bits per heavy atom. The third-order valence-corrected chi connectivity index (χ3v) is 2.20. The number of hydrogen-bond donors (Lipinski definition) is 2. The van der Waals surface area contributed by atoms with Gasteiger partial charge in [-0.3, -0.25) is 4.99 Å². The van der Waals surface area contributed by atoms with E-state index in [0.717, 1.165) is 17.7 Å². The lowest BCUT2D eigenvalue weighted by Gasteiger charge is -2.09. The fraction of sp³-hybridized carbons (Fsp3) is 0.417. The molecule has 0 bridgehead atoms. The lowest BCUT2D eigenvalue weighted by atomic mass is 10.1. The largest absolute Gasteiger partial charge is 0.394 e. The van der Waals surface area contributed by atoms with Crippen LogP contribution in [0.4, 0.5) is 0 Å². The Morgan fingerprint density at radius 3 is 2.27 bits per heavy atom. The summed E-state index contributed by atoms with van der Waals surface area (Å²) in [5.74, 6) is 0. The first-order valence-electron chi connectivity index (χ1n) is 5.15. The molecule has 0 atom stereocenters. The number of nitrogens with zero attached hydrogens (tertiary/aromatic N) is 1. The zero-order valence-electron chi connectivity index (χ0n) is 8.93. The Bertz CT molecular complexity index is 305. The maximum atomic E-state index is 8.95. The number of rotatable bonds is 5. The van der Waals surface area contributed by atoms with Crippen molar-refractivity contribution >= 4 is 5.71 Å². The molecule has 82 valence electrons. The van der Waals surface area contributed by atoms with Crippen molar-refractivity contribution in [1.82, 2.24) is 0 Å². The fourth-order valence-corrected chi connectivity index (χ4v) is 1.36. The van der Waals surface area contributed by atoms with Crippen molar-refractivity contribution in [2.45, 2.75) is 19.4 Å². The van der Waals surface area contributed by atoms with Crippen LogP contribution in [0, 0.1) is 0 Å². The van der Waals surface area contributed by atoms with E-state index in [2.05, 4.69) is 4.99 Å². The Labute approximate surface area is 90.1 Å². The molecule has 0 fully saturated rings. The van der Waals surface area contributed by atoms with Crippen molar-refractivity contribution in [2.75, 3.05) is 13.2 Å². The molecule has 0 saturated heterocycles. The van der Waals surface area contributed by atoms with E-state index in [1.54, 1.807) is 0 Å². The third-order valence-electron chi connectivity index (χ3n) is 2.20. The highest BCUT2D eigenvalue weighted by Gasteiger charge is 2.06. The van der Waals surface area contributed by atoms with Gasteiger partial charge in [0.1, 0.15) is 0 Å². The van der Waals surface area contributed by atoms with Crippen molar-refractivity contribution < 1.29 is 10.2 Å². The first-order chi connectivity index (χ1) is 7.31. The quantitative estimate of drug-likeness (QED) is 0.714. The first-order valence-corrected chi connectivity index (χ1v) is 5.15. The molecule has 0 aromatic heterocycles. The van der Waals surface area contributed by atoms with Crippen LogP contribution in [0.3, 0.4) is 0 Å². The van der Waals surface area contributed by atoms with Gasteiger partial charge in [0.2, 0.25) is 0 Å². The van der Waals surface area contributed by atoms with Crippen LogP contribution >= 0.6 is 0 Å². The molecular weight excluding hydrogens is 190 g/mol. The minimum atomic E-state index is -0.403. The van der Waals surface area contributed by atoms with Crippen molar-refractivity contribution in [1.29, 1.82) is 0 Å². The van der Waals surface area contributed by atoms with Gasteiger partial charge in [0.05, 0.1) is 19.3 Å². The Hall–Kier alpha value is -1.19. The second-order valence-electron chi connectivity index (χ2n) is 3.31. The van der Waals surface area contributed by atoms with Crippen LogP contribution in [0.25, 0.3) is 0 Å². The molecule has 1 aromatic carbocycles. The molecule has 0 saturated carbocycles. The number of hydrogen-bond acceptors (Lipinski definition) is 3. The van der Waals surface area contributed by atoms with Crippen LogP contribution in [-0.4, -0.2) is 35.2 Å². The molecule has 3 nitrogen and oxygen atoms in total. The molecule has 15 heavy (non-hydrogen) atoms. The second-order valence-corrected chi connectivity index (χ2v) is 3.31.